The normalized spacial score (nSPS) is 11.1. The molecule has 5 rings (SSSR count). The summed E-state index contributed by atoms with van der Waals surface area (Å²) in [4.78, 5) is 7.32. The number of para-hydroxylation sites is 2. The van der Waals surface area contributed by atoms with Gasteiger partial charge in [0.2, 0.25) is 0 Å². The lowest BCUT2D eigenvalue weighted by atomic mass is 9.93. The second-order valence-electron chi connectivity index (χ2n) is 8.04. The van der Waals surface area contributed by atoms with Gasteiger partial charge in [-0.3, -0.25) is 0 Å². The van der Waals surface area contributed by atoms with E-state index in [1.165, 1.54) is 9.13 Å². The Morgan fingerprint density at radius 3 is 1.53 bits per heavy atom. The van der Waals surface area contributed by atoms with E-state index in [9.17, 15) is 0 Å². The van der Waals surface area contributed by atoms with Gasteiger partial charge in [0.05, 0.1) is 20.1 Å². The van der Waals surface area contributed by atoms with Crippen LogP contribution in [0.2, 0.25) is 0 Å². The van der Waals surface area contributed by atoms with E-state index in [2.05, 4.69) is 93.2 Å². The first-order chi connectivity index (χ1) is 16.7. The number of rotatable bonds is 7. The fourth-order valence-electron chi connectivity index (χ4n) is 4.39. The standard InChI is InChI=1S/C29H25IN2O2/c1-33-27-9-5-3-7-21(27)23-15-17-25(31-23)29(19-11-13-20(30)14-12-19)26-18-16-24(32-26)22-8-4-6-10-28(22)34-2/h3-18,29,31-32H,1-2H3. The van der Waals surface area contributed by atoms with Gasteiger partial charge in [-0.05, 0) is 88.8 Å². The predicted molar refractivity (Wildman–Crippen MR) is 146 cm³/mol. The molecule has 4 nitrogen and oxygen atoms in total. The molecule has 34 heavy (non-hydrogen) atoms. The van der Waals surface area contributed by atoms with E-state index in [1.807, 2.05) is 36.4 Å². The van der Waals surface area contributed by atoms with Gasteiger partial charge in [-0.1, -0.05) is 36.4 Å². The van der Waals surface area contributed by atoms with Crippen LogP contribution in [0.25, 0.3) is 22.5 Å². The highest BCUT2D eigenvalue weighted by Gasteiger charge is 2.22. The summed E-state index contributed by atoms with van der Waals surface area (Å²) in [5, 5.41) is 0. The van der Waals surface area contributed by atoms with E-state index in [0.29, 0.717) is 0 Å². The molecule has 0 unspecified atom stereocenters. The van der Waals surface area contributed by atoms with Gasteiger partial charge in [-0.2, -0.15) is 0 Å². The van der Waals surface area contributed by atoms with E-state index in [0.717, 1.165) is 45.4 Å². The summed E-state index contributed by atoms with van der Waals surface area (Å²) >= 11 is 2.35. The van der Waals surface area contributed by atoms with Gasteiger partial charge in [0.1, 0.15) is 11.5 Å². The first kappa shape index (κ1) is 22.3. The van der Waals surface area contributed by atoms with E-state index >= 15 is 0 Å². The van der Waals surface area contributed by atoms with Crippen molar-refractivity contribution >= 4 is 22.6 Å². The Morgan fingerprint density at radius 1 is 0.588 bits per heavy atom. The van der Waals surface area contributed by atoms with E-state index in [-0.39, 0.29) is 5.92 Å². The first-order valence-electron chi connectivity index (χ1n) is 11.1. The molecular formula is C29H25IN2O2. The van der Waals surface area contributed by atoms with Crippen LogP contribution in [0.15, 0.2) is 97.1 Å². The van der Waals surface area contributed by atoms with E-state index in [4.69, 9.17) is 9.47 Å². The molecule has 5 heteroatoms. The summed E-state index contributed by atoms with van der Waals surface area (Å²) in [6.45, 7) is 0. The zero-order valence-electron chi connectivity index (χ0n) is 19.0. The highest BCUT2D eigenvalue weighted by Crippen LogP contribution is 2.37. The molecule has 2 aromatic heterocycles. The summed E-state index contributed by atoms with van der Waals surface area (Å²) in [7, 11) is 3.41. The number of H-pyrrole nitrogens is 2. The quantitative estimate of drug-likeness (QED) is 0.203. The molecule has 0 fully saturated rings. The maximum atomic E-state index is 5.59. The van der Waals surface area contributed by atoms with Gasteiger partial charge >= 0.3 is 0 Å². The molecule has 5 aromatic rings. The second-order valence-corrected chi connectivity index (χ2v) is 9.29. The summed E-state index contributed by atoms with van der Waals surface area (Å²) < 4.78 is 12.4. The number of nitrogens with one attached hydrogen (secondary N) is 2. The summed E-state index contributed by atoms with van der Waals surface area (Å²) in [6.07, 6.45) is 0. The van der Waals surface area contributed by atoms with Crippen molar-refractivity contribution in [1.29, 1.82) is 0 Å². The van der Waals surface area contributed by atoms with Crippen LogP contribution in [-0.2, 0) is 0 Å². The van der Waals surface area contributed by atoms with Crippen LogP contribution in [0.1, 0.15) is 22.9 Å². The SMILES string of the molecule is COc1ccccc1-c1ccc(C(c2ccc(I)cc2)c2ccc(-c3ccccc3OC)[nH]2)[nH]1. The number of hydrogen-bond donors (Lipinski definition) is 2. The van der Waals surface area contributed by atoms with Gasteiger partial charge in [0.15, 0.2) is 0 Å². The molecule has 0 bridgehead atoms. The van der Waals surface area contributed by atoms with Crippen molar-refractivity contribution < 1.29 is 9.47 Å². The Balaban J connectivity index is 1.59. The Morgan fingerprint density at radius 2 is 1.06 bits per heavy atom. The zero-order chi connectivity index (χ0) is 23.5. The number of ether oxygens (including phenoxy) is 2. The van der Waals surface area contributed by atoms with Crippen molar-refractivity contribution in [2.45, 2.75) is 5.92 Å². The molecule has 0 atom stereocenters. The lowest BCUT2D eigenvalue weighted by Crippen LogP contribution is -2.05. The maximum absolute atomic E-state index is 5.59. The van der Waals surface area contributed by atoms with Gasteiger partial charge < -0.3 is 19.4 Å². The Labute approximate surface area is 213 Å². The van der Waals surface area contributed by atoms with Crippen LogP contribution in [0.3, 0.4) is 0 Å². The third-order valence-corrected chi connectivity index (χ3v) is 6.76. The van der Waals surface area contributed by atoms with Crippen molar-refractivity contribution in [2.24, 2.45) is 0 Å². The molecule has 3 aromatic carbocycles. The molecule has 0 saturated carbocycles. The molecule has 0 aliphatic rings. The number of hydrogen-bond acceptors (Lipinski definition) is 2. The lowest BCUT2D eigenvalue weighted by molar-refractivity contribution is 0.416. The van der Waals surface area contributed by atoms with Gasteiger partial charge in [-0.15, -0.1) is 0 Å². The minimum atomic E-state index is 0.0175. The summed E-state index contributed by atoms with van der Waals surface area (Å²) in [6, 6.07) is 33.4. The molecule has 0 saturated heterocycles. The van der Waals surface area contributed by atoms with E-state index < -0.39 is 0 Å². The second kappa shape index (κ2) is 9.81. The smallest absolute Gasteiger partial charge is 0.128 e. The maximum Gasteiger partial charge on any atom is 0.128 e. The molecule has 2 N–H and O–H groups in total. The van der Waals surface area contributed by atoms with Gasteiger partial charge in [0.25, 0.3) is 0 Å². The number of halogens is 1. The van der Waals surface area contributed by atoms with Crippen LogP contribution in [0, 0.1) is 3.57 Å². The van der Waals surface area contributed by atoms with Crippen LogP contribution >= 0.6 is 22.6 Å². The number of aromatic nitrogens is 2. The van der Waals surface area contributed by atoms with Crippen molar-refractivity contribution in [2.75, 3.05) is 14.2 Å². The molecular weight excluding hydrogens is 535 g/mol. The molecule has 170 valence electrons. The number of methoxy groups -OCH3 is 2. The van der Waals surface area contributed by atoms with Gasteiger partial charge in [0, 0.05) is 37.5 Å². The van der Waals surface area contributed by atoms with Crippen LogP contribution in [0.5, 0.6) is 11.5 Å². The third kappa shape index (κ3) is 4.35. The van der Waals surface area contributed by atoms with Crippen molar-refractivity contribution in [1.82, 2.24) is 9.97 Å². The van der Waals surface area contributed by atoms with Crippen LogP contribution in [-0.4, -0.2) is 24.2 Å². The Kier molecular flexibility index (Phi) is 6.45. The fourth-order valence-corrected chi connectivity index (χ4v) is 4.75. The van der Waals surface area contributed by atoms with E-state index in [1.54, 1.807) is 14.2 Å². The Hall–Kier alpha value is -3.45. The molecule has 0 spiro atoms. The van der Waals surface area contributed by atoms with Gasteiger partial charge in [-0.25, -0.2) is 0 Å². The molecule has 2 heterocycles. The molecule has 0 amide bonds. The minimum Gasteiger partial charge on any atom is -0.496 e. The average Bonchev–Trinajstić information content (AvgIpc) is 3.56. The third-order valence-electron chi connectivity index (χ3n) is 6.04. The van der Waals surface area contributed by atoms with Crippen molar-refractivity contribution in [3.63, 3.8) is 0 Å². The number of aromatic amines is 2. The topological polar surface area (TPSA) is 50.0 Å². The van der Waals surface area contributed by atoms with Crippen LogP contribution < -0.4 is 9.47 Å². The minimum absolute atomic E-state index is 0.0175. The summed E-state index contributed by atoms with van der Waals surface area (Å²) in [5.41, 5.74) is 7.56. The first-order valence-corrected chi connectivity index (χ1v) is 12.2. The Bertz CT molecular complexity index is 1320. The molecule has 0 aliphatic carbocycles. The monoisotopic (exact) mass is 560 g/mol. The average molecular weight is 560 g/mol. The van der Waals surface area contributed by atoms with Crippen LogP contribution in [0.4, 0.5) is 0 Å². The zero-order valence-corrected chi connectivity index (χ0v) is 21.2. The largest absolute Gasteiger partial charge is 0.496 e. The predicted octanol–water partition coefficient (Wildman–Crippen LogP) is 7.48. The molecule has 0 radical (unpaired) electrons. The highest BCUT2D eigenvalue weighted by molar-refractivity contribution is 14.1. The lowest BCUT2D eigenvalue weighted by Gasteiger charge is -2.16. The summed E-state index contributed by atoms with van der Waals surface area (Å²) in [5.74, 6) is 1.71. The molecule has 0 aliphatic heterocycles. The fraction of sp³-hybridized carbons (Fsp3) is 0.103. The van der Waals surface area contributed by atoms with Crippen molar-refractivity contribution in [3.05, 3.63) is 118 Å². The number of benzene rings is 3. The van der Waals surface area contributed by atoms with Crippen molar-refractivity contribution in [3.8, 4) is 34.0 Å². The highest BCUT2D eigenvalue weighted by atomic mass is 127.